The van der Waals surface area contributed by atoms with Crippen LogP contribution < -0.4 is 15.4 Å². The Labute approximate surface area is 144 Å². The summed E-state index contributed by atoms with van der Waals surface area (Å²) in [7, 11) is 1.77. The highest BCUT2D eigenvalue weighted by atomic mass is 16.5. The lowest BCUT2D eigenvalue weighted by Gasteiger charge is -2.18. The first kappa shape index (κ1) is 17.8. The lowest BCUT2D eigenvalue weighted by Crippen LogP contribution is -2.42. The molecule has 0 aliphatic rings. The first-order chi connectivity index (χ1) is 11.7. The largest absolute Gasteiger partial charge is 0.489 e. The molecule has 0 amide bonds. The summed E-state index contributed by atoms with van der Waals surface area (Å²) < 4.78 is 5.91. The Morgan fingerprint density at radius 2 is 2.08 bits per heavy atom. The molecule has 2 N–H and O–H groups in total. The predicted octanol–water partition coefficient (Wildman–Crippen LogP) is 2.57. The van der Waals surface area contributed by atoms with E-state index >= 15 is 0 Å². The van der Waals surface area contributed by atoms with Crippen molar-refractivity contribution >= 4 is 5.96 Å². The molecule has 5 heteroatoms. The normalized spacial score (nSPS) is 12.5. The van der Waals surface area contributed by atoms with Crippen LogP contribution in [0, 0.1) is 6.92 Å². The van der Waals surface area contributed by atoms with Gasteiger partial charge in [-0.2, -0.15) is 0 Å². The molecule has 0 aliphatic heterocycles. The summed E-state index contributed by atoms with van der Waals surface area (Å²) in [5.41, 5.74) is 2.26. The van der Waals surface area contributed by atoms with Crippen molar-refractivity contribution in [3.63, 3.8) is 0 Å². The molecule has 128 valence electrons. The summed E-state index contributed by atoms with van der Waals surface area (Å²) in [6, 6.07) is 14.0. The predicted molar refractivity (Wildman–Crippen MR) is 98.6 cm³/mol. The summed E-state index contributed by atoms with van der Waals surface area (Å²) in [6.45, 7) is 5.56. The SMILES string of the molecule is CN=C(NCCc1ccccn1)NCC(C)Oc1cccc(C)c1. The Morgan fingerprint density at radius 3 is 2.79 bits per heavy atom. The van der Waals surface area contributed by atoms with E-state index in [0.717, 1.165) is 30.4 Å². The van der Waals surface area contributed by atoms with E-state index in [1.165, 1.54) is 5.56 Å². The number of ether oxygens (including phenoxy) is 1. The van der Waals surface area contributed by atoms with E-state index in [0.29, 0.717) is 6.54 Å². The Balaban J connectivity index is 1.70. The van der Waals surface area contributed by atoms with Gasteiger partial charge in [0, 0.05) is 31.9 Å². The number of aryl methyl sites for hydroxylation is 1. The summed E-state index contributed by atoms with van der Waals surface area (Å²) in [5, 5.41) is 6.57. The van der Waals surface area contributed by atoms with E-state index in [9.17, 15) is 0 Å². The highest BCUT2D eigenvalue weighted by Crippen LogP contribution is 2.13. The maximum absolute atomic E-state index is 5.91. The fraction of sp³-hybridized carbons (Fsp3) is 0.368. The molecule has 0 saturated heterocycles. The molecule has 0 spiro atoms. The smallest absolute Gasteiger partial charge is 0.191 e. The first-order valence-electron chi connectivity index (χ1n) is 8.25. The number of rotatable bonds is 7. The van der Waals surface area contributed by atoms with E-state index in [1.807, 2.05) is 49.5 Å². The number of benzene rings is 1. The van der Waals surface area contributed by atoms with Crippen LogP contribution in [0.3, 0.4) is 0 Å². The van der Waals surface area contributed by atoms with Crippen LogP contribution in [0.1, 0.15) is 18.2 Å². The minimum Gasteiger partial charge on any atom is -0.489 e. The van der Waals surface area contributed by atoms with Crippen molar-refractivity contribution in [2.45, 2.75) is 26.4 Å². The Bertz CT molecular complexity index is 643. The first-order valence-corrected chi connectivity index (χ1v) is 8.25. The number of aliphatic imine (C=N–C) groups is 1. The minimum absolute atomic E-state index is 0.0427. The van der Waals surface area contributed by atoms with E-state index in [-0.39, 0.29) is 6.10 Å². The Morgan fingerprint density at radius 1 is 1.21 bits per heavy atom. The van der Waals surface area contributed by atoms with Gasteiger partial charge in [0.25, 0.3) is 0 Å². The molecule has 1 aromatic heterocycles. The second-order valence-electron chi connectivity index (χ2n) is 5.70. The summed E-state index contributed by atoms with van der Waals surface area (Å²) >= 11 is 0. The third kappa shape index (κ3) is 6.28. The molecular weight excluding hydrogens is 300 g/mol. The molecule has 0 aliphatic carbocycles. The number of guanidine groups is 1. The average Bonchev–Trinajstić information content (AvgIpc) is 2.59. The van der Waals surface area contributed by atoms with Crippen LogP contribution in [0.25, 0.3) is 0 Å². The van der Waals surface area contributed by atoms with Crippen molar-refractivity contribution in [2.75, 3.05) is 20.1 Å². The molecule has 1 heterocycles. The molecule has 24 heavy (non-hydrogen) atoms. The van der Waals surface area contributed by atoms with Gasteiger partial charge in [-0.05, 0) is 43.7 Å². The maximum atomic E-state index is 5.91. The van der Waals surface area contributed by atoms with Gasteiger partial charge < -0.3 is 15.4 Å². The van der Waals surface area contributed by atoms with Crippen molar-refractivity contribution in [3.05, 3.63) is 59.9 Å². The van der Waals surface area contributed by atoms with Crippen LogP contribution in [0.2, 0.25) is 0 Å². The van der Waals surface area contributed by atoms with Gasteiger partial charge in [-0.25, -0.2) is 0 Å². The van der Waals surface area contributed by atoms with E-state index in [1.54, 1.807) is 7.05 Å². The summed E-state index contributed by atoms with van der Waals surface area (Å²) in [6.07, 6.45) is 2.71. The zero-order valence-corrected chi connectivity index (χ0v) is 14.6. The molecule has 0 fully saturated rings. The van der Waals surface area contributed by atoms with Crippen LogP contribution in [-0.2, 0) is 6.42 Å². The number of aromatic nitrogens is 1. The molecule has 1 atom stereocenters. The molecule has 2 rings (SSSR count). The quantitative estimate of drug-likeness (QED) is 0.606. The van der Waals surface area contributed by atoms with Crippen LogP contribution in [0.4, 0.5) is 0 Å². The third-order valence-corrected chi connectivity index (χ3v) is 3.51. The van der Waals surface area contributed by atoms with Crippen molar-refractivity contribution in [3.8, 4) is 5.75 Å². The number of hydrogen-bond donors (Lipinski definition) is 2. The average molecular weight is 326 g/mol. The third-order valence-electron chi connectivity index (χ3n) is 3.51. The van der Waals surface area contributed by atoms with Gasteiger partial charge in [-0.1, -0.05) is 18.2 Å². The summed E-state index contributed by atoms with van der Waals surface area (Å²) in [5.74, 6) is 1.66. The van der Waals surface area contributed by atoms with Gasteiger partial charge in [-0.15, -0.1) is 0 Å². The Kier molecular flexibility index (Phi) is 7.08. The van der Waals surface area contributed by atoms with E-state index in [2.05, 4.69) is 33.6 Å². The molecule has 0 saturated carbocycles. The number of nitrogens with zero attached hydrogens (tertiary/aromatic N) is 2. The second-order valence-corrected chi connectivity index (χ2v) is 5.70. The fourth-order valence-corrected chi connectivity index (χ4v) is 2.28. The Hall–Kier alpha value is -2.56. The highest BCUT2D eigenvalue weighted by Gasteiger charge is 2.06. The van der Waals surface area contributed by atoms with Gasteiger partial charge in [-0.3, -0.25) is 9.98 Å². The van der Waals surface area contributed by atoms with E-state index in [4.69, 9.17) is 4.74 Å². The van der Waals surface area contributed by atoms with Crippen LogP contribution in [-0.4, -0.2) is 37.2 Å². The van der Waals surface area contributed by atoms with Crippen LogP contribution in [0.15, 0.2) is 53.7 Å². The molecule has 1 unspecified atom stereocenters. The van der Waals surface area contributed by atoms with Gasteiger partial charge in [0.05, 0.1) is 6.54 Å². The topological polar surface area (TPSA) is 58.5 Å². The van der Waals surface area contributed by atoms with Gasteiger partial charge in [0.1, 0.15) is 11.9 Å². The monoisotopic (exact) mass is 326 g/mol. The van der Waals surface area contributed by atoms with Crippen LogP contribution >= 0.6 is 0 Å². The molecule has 5 nitrogen and oxygen atoms in total. The van der Waals surface area contributed by atoms with E-state index < -0.39 is 0 Å². The number of pyridine rings is 1. The number of nitrogens with one attached hydrogen (secondary N) is 2. The standard InChI is InChI=1S/C19H26N4O/c1-15-7-6-9-18(13-15)24-16(2)14-23-19(20-3)22-12-10-17-8-4-5-11-21-17/h4-9,11,13,16H,10,12,14H2,1-3H3,(H2,20,22,23). The van der Waals surface area contributed by atoms with Crippen molar-refractivity contribution in [1.29, 1.82) is 0 Å². The lowest BCUT2D eigenvalue weighted by atomic mass is 10.2. The second kappa shape index (κ2) is 9.55. The van der Waals surface area contributed by atoms with Gasteiger partial charge in [0.2, 0.25) is 0 Å². The zero-order valence-electron chi connectivity index (χ0n) is 14.6. The molecular formula is C19H26N4O. The van der Waals surface area contributed by atoms with Crippen molar-refractivity contribution in [2.24, 2.45) is 4.99 Å². The lowest BCUT2D eigenvalue weighted by molar-refractivity contribution is 0.223. The molecule has 0 bridgehead atoms. The van der Waals surface area contributed by atoms with Gasteiger partial charge >= 0.3 is 0 Å². The van der Waals surface area contributed by atoms with Gasteiger partial charge in [0.15, 0.2) is 5.96 Å². The molecule has 0 radical (unpaired) electrons. The minimum atomic E-state index is 0.0427. The van der Waals surface area contributed by atoms with Crippen molar-refractivity contribution < 1.29 is 4.74 Å². The van der Waals surface area contributed by atoms with Crippen LogP contribution in [0.5, 0.6) is 5.75 Å². The maximum Gasteiger partial charge on any atom is 0.191 e. The zero-order chi connectivity index (χ0) is 17.2. The van der Waals surface area contributed by atoms with Crippen molar-refractivity contribution in [1.82, 2.24) is 15.6 Å². The molecule has 2 aromatic rings. The molecule has 1 aromatic carbocycles. The fourth-order valence-electron chi connectivity index (χ4n) is 2.28. The highest BCUT2D eigenvalue weighted by molar-refractivity contribution is 5.79. The number of hydrogen-bond acceptors (Lipinski definition) is 3. The summed E-state index contributed by atoms with van der Waals surface area (Å²) in [4.78, 5) is 8.54.